The highest BCUT2D eigenvalue weighted by atomic mass is 79.9. The second kappa shape index (κ2) is 5.95. The number of halogens is 2. The lowest BCUT2D eigenvalue weighted by Crippen LogP contribution is -1.98. The van der Waals surface area contributed by atoms with Gasteiger partial charge in [-0.25, -0.2) is 0 Å². The van der Waals surface area contributed by atoms with Gasteiger partial charge in [-0.2, -0.15) is 11.3 Å². The minimum atomic E-state index is -0.228. The molecule has 2 aromatic rings. The number of thiophene rings is 1. The summed E-state index contributed by atoms with van der Waals surface area (Å²) in [5.74, 6) is 1.44. The topological polar surface area (TPSA) is 18.5 Å². The monoisotopic (exact) mass is 346 g/mol. The van der Waals surface area contributed by atoms with E-state index in [1.54, 1.807) is 25.6 Å². The van der Waals surface area contributed by atoms with E-state index < -0.39 is 0 Å². The summed E-state index contributed by atoms with van der Waals surface area (Å²) >= 11 is 11.6. The van der Waals surface area contributed by atoms with Gasteiger partial charge in [0.25, 0.3) is 0 Å². The van der Waals surface area contributed by atoms with Crippen LogP contribution in [0.5, 0.6) is 11.5 Å². The van der Waals surface area contributed by atoms with Gasteiger partial charge in [-0.3, -0.25) is 0 Å². The normalized spacial score (nSPS) is 12.2. The highest BCUT2D eigenvalue weighted by molar-refractivity contribution is 9.10. The van der Waals surface area contributed by atoms with Crippen molar-refractivity contribution in [1.82, 2.24) is 0 Å². The molecule has 0 radical (unpaired) electrons. The minimum absolute atomic E-state index is 0.228. The summed E-state index contributed by atoms with van der Waals surface area (Å²) in [6.07, 6.45) is 0. The van der Waals surface area contributed by atoms with Crippen molar-refractivity contribution < 1.29 is 9.47 Å². The van der Waals surface area contributed by atoms with Crippen molar-refractivity contribution in [3.8, 4) is 11.5 Å². The summed E-state index contributed by atoms with van der Waals surface area (Å²) in [7, 11) is 3.25. The van der Waals surface area contributed by atoms with Crippen molar-refractivity contribution >= 4 is 38.9 Å². The lowest BCUT2D eigenvalue weighted by Gasteiger charge is -2.16. The summed E-state index contributed by atoms with van der Waals surface area (Å²) in [6, 6.07) is 5.82. The molecule has 0 saturated heterocycles. The van der Waals surface area contributed by atoms with E-state index in [-0.39, 0.29) is 5.38 Å². The number of alkyl halides is 1. The van der Waals surface area contributed by atoms with Gasteiger partial charge in [-0.1, -0.05) is 0 Å². The third kappa shape index (κ3) is 2.51. The molecule has 5 heteroatoms. The summed E-state index contributed by atoms with van der Waals surface area (Å²) < 4.78 is 11.5. The van der Waals surface area contributed by atoms with E-state index in [2.05, 4.69) is 15.9 Å². The molecule has 0 amide bonds. The number of hydrogen-bond donors (Lipinski definition) is 0. The number of rotatable bonds is 4. The first kappa shape index (κ1) is 13.7. The van der Waals surface area contributed by atoms with Crippen LogP contribution in [-0.2, 0) is 0 Å². The Balaban J connectivity index is 2.48. The molecule has 1 unspecified atom stereocenters. The standard InChI is InChI=1S/C13H12BrClO2S/c1-16-10-4-3-9(13(17-2)11(10)14)12(15)8-5-6-18-7-8/h3-7,12H,1-2H3. The van der Waals surface area contributed by atoms with Crippen LogP contribution in [0.15, 0.2) is 33.4 Å². The van der Waals surface area contributed by atoms with Gasteiger partial charge < -0.3 is 9.47 Å². The highest BCUT2D eigenvalue weighted by Crippen LogP contribution is 2.43. The number of ether oxygens (including phenoxy) is 2. The maximum absolute atomic E-state index is 6.49. The molecule has 2 rings (SSSR count). The van der Waals surface area contributed by atoms with Crippen LogP contribution >= 0.6 is 38.9 Å². The molecule has 0 aliphatic rings. The quantitative estimate of drug-likeness (QED) is 0.736. The molecule has 18 heavy (non-hydrogen) atoms. The van der Waals surface area contributed by atoms with Crippen LogP contribution in [0.2, 0.25) is 0 Å². The Hall–Kier alpha value is -0.710. The van der Waals surface area contributed by atoms with Crippen molar-refractivity contribution in [2.75, 3.05) is 14.2 Å². The van der Waals surface area contributed by atoms with Crippen LogP contribution in [0.25, 0.3) is 0 Å². The number of hydrogen-bond acceptors (Lipinski definition) is 3. The zero-order valence-corrected chi connectivity index (χ0v) is 13.1. The fraction of sp³-hybridized carbons (Fsp3) is 0.231. The molecule has 1 heterocycles. The molecule has 1 aromatic carbocycles. The van der Waals surface area contributed by atoms with E-state index in [4.69, 9.17) is 21.1 Å². The van der Waals surface area contributed by atoms with Crippen LogP contribution in [-0.4, -0.2) is 14.2 Å². The Morgan fingerprint density at radius 1 is 1.22 bits per heavy atom. The highest BCUT2D eigenvalue weighted by Gasteiger charge is 2.20. The Morgan fingerprint density at radius 2 is 2.00 bits per heavy atom. The van der Waals surface area contributed by atoms with Crippen LogP contribution < -0.4 is 9.47 Å². The second-order valence-corrected chi connectivity index (χ2v) is 5.63. The molecular formula is C13H12BrClO2S. The molecule has 0 bridgehead atoms. The summed E-state index contributed by atoms with van der Waals surface area (Å²) in [4.78, 5) is 0. The maximum Gasteiger partial charge on any atom is 0.141 e. The van der Waals surface area contributed by atoms with Gasteiger partial charge in [0.1, 0.15) is 16.0 Å². The van der Waals surface area contributed by atoms with Crippen LogP contribution in [0.4, 0.5) is 0 Å². The Labute approximate surface area is 124 Å². The lowest BCUT2D eigenvalue weighted by molar-refractivity contribution is 0.386. The van der Waals surface area contributed by atoms with E-state index in [0.717, 1.165) is 21.3 Å². The molecule has 0 spiro atoms. The van der Waals surface area contributed by atoms with Crippen LogP contribution in [0.1, 0.15) is 16.5 Å². The van der Waals surface area contributed by atoms with E-state index in [0.29, 0.717) is 5.75 Å². The molecule has 2 nitrogen and oxygen atoms in total. The van der Waals surface area contributed by atoms with E-state index in [1.165, 1.54) is 0 Å². The third-order valence-electron chi connectivity index (χ3n) is 2.63. The Bertz CT molecular complexity index is 528. The Morgan fingerprint density at radius 3 is 2.56 bits per heavy atom. The predicted octanol–water partition coefficient (Wildman–Crippen LogP) is 4.86. The predicted molar refractivity (Wildman–Crippen MR) is 79.3 cm³/mol. The molecule has 0 aliphatic carbocycles. The lowest BCUT2D eigenvalue weighted by atomic mass is 10.1. The van der Waals surface area contributed by atoms with E-state index in [1.807, 2.05) is 29.0 Å². The van der Waals surface area contributed by atoms with Gasteiger partial charge in [0.05, 0.1) is 19.6 Å². The smallest absolute Gasteiger partial charge is 0.141 e. The van der Waals surface area contributed by atoms with Gasteiger partial charge >= 0.3 is 0 Å². The van der Waals surface area contributed by atoms with E-state index in [9.17, 15) is 0 Å². The van der Waals surface area contributed by atoms with Crippen molar-refractivity contribution in [1.29, 1.82) is 0 Å². The van der Waals surface area contributed by atoms with Crippen LogP contribution in [0.3, 0.4) is 0 Å². The number of methoxy groups -OCH3 is 2. The fourth-order valence-electron chi connectivity index (χ4n) is 1.72. The zero-order chi connectivity index (χ0) is 13.1. The van der Waals surface area contributed by atoms with Gasteiger partial charge in [0.15, 0.2) is 0 Å². The molecule has 0 aliphatic heterocycles. The first-order chi connectivity index (χ1) is 8.69. The average Bonchev–Trinajstić information content (AvgIpc) is 2.91. The largest absolute Gasteiger partial charge is 0.495 e. The molecule has 96 valence electrons. The SMILES string of the molecule is COc1ccc(C(Cl)c2ccsc2)c(OC)c1Br. The van der Waals surface area contributed by atoms with Crippen LogP contribution in [0, 0.1) is 0 Å². The second-order valence-electron chi connectivity index (χ2n) is 3.62. The summed E-state index contributed by atoms with van der Waals surface area (Å²) in [5.41, 5.74) is 1.99. The first-order valence-electron chi connectivity index (χ1n) is 5.25. The molecule has 1 aromatic heterocycles. The summed E-state index contributed by atoms with van der Waals surface area (Å²) in [6.45, 7) is 0. The van der Waals surface area contributed by atoms with Crippen molar-refractivity contribution in [2.24, 2.45) is 0 Å². The Kier molecular flexibility index (Phi) is 4.54. The minimum Gasteiger partial charge on any atom is -0.495 e. The maximum atomic E-state index is 6.49. The van der Waals surface area contributed by atoms with Crippen molar-refractivity contribution in [3.05, 3.63) is 44.6 Å². The fourth-order valence-corrected chi connectivity index (χ4v) is 3.47. The van der Waals surface area contributed by atoms with Crippen molar-refractivity contribution in [2.45, 2.75) is 5.38 Å². The average molecular weight is 348 g/mol. The van der Waals surface area contributed by atoms with Crippen molar-refractivity contribution in [3.63, 3.8) is 0 Å². The van der Waals surface area contributed by atoms with Gasteiger partial charge in [0.2, 0.25) is 0 Å². The third-order valence-corrected chi connectivity index (χ3v) is 4.56. The molecule has 0 N–H and O–H groups in total. The number of benzene rings is 1. The molecular weight excluding hydrogens is 336 g/mol. The van der Waals surface area contributed by atoms with Gasteiger partial charge in [0, 0.05) is 5.56 Å². The first-order valence-corrected chi connectivity index (χ1v) is 7.42. The molecule has 0 fully saturated rings. The summed E-state index contributed by atoms with van der Waals surface area (Å²) in [5, 5.41) is 3.82. The molecule has 0 saturated carbocycles. The molecule has 1 atom stereocenters. The van der Waals surface area contributed by atoms with Gasteiger partial charge in [-0.05, 0) is 50.5 Å². The van der Waals surface area contributed by atoms with Gasteiger partial charge in [-0.15, -0.1) is 11.6 Å². The zero-order valence-electron chi connectivity index (χ0n) is 9.94. The van der Waals surface area contributed by atoms with E-state index >= 15 is 0 Å².